The lowest BCUT2D eigenvalue weighted by Gasteiger charge is -2.34. The van der Waals surface area contributed by atoms with Crippen LogP contribution >= 0.6 is 0 Å². The highest BCUT2D eigenvalue weighted by Crippen LogP contribution is 2.27. The van der Waals surface area contributed by atoms with Crippen LogP contribution in [0.4, 0.5) is 5.88 Å². The van der Waals surface area contributed by atoms with E-state index in [0.717, 1.165) is 11.3 Å². The molecule has 1 saturated heterocycles. The van der Waals surface area contributed by atoms with Gasteiger partial charge in [-0.3, -0.25) is 0 Å². The van der Waals surface area contributed by atoms with Crippen molar-refractivity contribution < 1.29 is 13.9 Å². The van der Waals surface area contributed by atoms with Gasteiger partial charge in [-0.1, -0.05) is 18.2 Å². The number of morpholine rings is 1. The van der Waals surface area contributed by atoms with Gasteiger partial charge in [0.15, 0.2) is 0 Å². The first-order chi connectivity index (χ1) is 12.1. The fourth-order valence-electron chi connectivity index (χ4n) is 3.00. The van der Waals surface area contributed by atoms with Gasteiger partial charge in [-0.25, -0.2) is 0 Å². The number of anilines is 1. The Morgan fingerprint density at radius 1 is 1.24 bits per heavy atom. The molecule has 1 fully saturated rings. The predicted octanol–water partition coefficient (Wildman–Crippen LogP) is 3.34. The molecule has 2 atom stereocenters. The topological polar surface area (TPSA) is 71.5 Å². The average Bonchev–Trinajstić information content (AvgIpc) is 3.03. The van der Waals surface area contributed by atoms with Crippen molar-refractivity contribution in [1.29, 1.82) is 5.26 Å². The minimum Gasteiger partial charge on any atom is -0.496 e. The first-order valence-corrected chi connectivity index (χ1v) is 8.23. The molecule has 3 rings (SSSR count). The van der Waals surface area contributed by atoms with E-state index in [0.29, 0.717) is 30.6 Å². The molecule has 0 amide bonds. The van der Waals surface area contributed by atoms with E-state index >= 15 is 0 Å². The van der Waals surface area contributed by atoms with E-state index in [1.807, 2.05) is 49.1 Å². The van der Waals surface area contributed by atoms with Crippen molar-refractivity contribution in [2.24, 2.45) is 0 Å². The second-order valence-corrected chi connectivity index (χ2v) is 6.06. The van der Waals surface area contributed by atoms with Gasteiger partial charge in [0.1, 0.15) is 11.8 Å². The lowest BCUT2D eigenvalue weighted by molar-refractivity contribution is -0.00642. The van der Waals surface area contributed by atoms with Crippen LogP contribution in [0.3, 0.4) is 0 Å². The van der Waals surface area contributed by atoms with Gasteiger partial charge in [0.2, 0.25) is 17.5 Å². The minimum atomic E-state index is 0.0768. The summed E-state index contributed by atoms with van der Waals surface area (Å²) in [5.74, 6) is 1.66. The van der Waals surface area contributed by atoms with E-state index in [9.17, 15) is 5.26 Å². The van der Waals surface area contributed by atoms with Gasteiger partial charge in [0, 0.05) is 24.7 Å². The third kappa shape index (κ3) is 3.83. The van der Waals surface area contributed by atoms with E-state index in [-0.39, 0.29) is 12.2 Å². The standard InChI is InChI=1S/C19H21N3O3/c1-13-11-22(12-14(2)24-13)19-16(10-20)21-18(25-19)9-8-15-6-4-5-7-17(15)23-3/h4-9,13-14H,11-12H2,1-3H3. The number of oxazole rings is 1. The summed E-state index contributed by atoms with van der Waals surface area (Å²) in [6.45, 7) is 5.36. The molecule has 2 heterocycles. The summed E-state index contributed by atoms with van der Waals surface area (Å²) in [5, 5.41) is 9.39. The zero-order chi connectivity index (χ0) is 17.8. The Labute approximate surface area is 147 Å². The van der Waals surface area contributed by atoms with Crippen molar-refractivity contribution in [3.8, 4) is 11.8 Å². The predicted molar refractivity (Wildman–Crippen MR) is 95.4 cm³/mol. The molecule has 1 aliphatic rings. The maximum Gasteiger partial charge on any atom is 0.235 e. The summed E-state index contributed by atoms with van der Waals surface area (Å²) >= 11 is 0. The first-order valence-electron chi connectivity index (χ1n) is 8.23. The molecular formula is C19H21N3O3. The van der Waals surface area contributed by atoms with Crippen LogP contribution < -0.4 is 9.64 Å². The van der Waals surface area contributed by atoms with Crippen LogP contribution in [0.15, 0.2) is 28.7 Å². The Hall–Kier alpha value is -2.78. The van der Waals surface area contributed by atoms with Gasteiger partial charge in [-0.05, 0) is 26.0 Å². The summed E-state index contributed by atoms with van der Waals surface area (Å²) in [7, 11) is 1.63. The third-order valence-corrected chi connectivity index (χ3v) is 3.98. The molecule has 0 saturated carbocycles. The normalized spacial score (nSPS) is 20.6. The minimum absolute atomic E-state index is 0.0768. The number of ether oxygens (including phenoxy) is 2. The van der Waals surface area contributed by atoms with Gasteiger partial charge in [-0.2, -0.15) is 10.2 Å². The molecule has 0 aliphatic carbocycles. The number of nitriles is 1. The van der Waals surface area contributed by atoms with Crippen LogP contribution in [0.2, 0.25) is 0 Å². The monoisotopic (exact) mass is 339 g/mol. The molecule has 25 heavy (non-hydrogen) atoms. The maximum atomic E-state index is 9.39. The summed E-state index contributed by atoms with van der Waals surface area (Å²) in [6.07, 6.45) is 3.76. The first kappa shape index (κ1) is 17.1. The maximum absolute atomic E-state index is 9.39. The SMILES string of the molecule is COc1ccccc1C=Cc1nc(C#N)c(N2CC(C)OC(C)C2)o1. The van der Waals surface area contributed by atoms with E-state index in [2.05, 4.69) is 11.1 Å². The lowest BCUT2D eigenvalue weighted by Crippen LogP contribution is -2.45. The molecule has 6 heteroatoms. The van der Waals surface area contributed by atoms with Gasteiger partial charge < -0.3 is 18.8 Å². The molecule has 0 radical (unpaired) electrons. The lowest BCUT2D eigenvalue weighted by atomic mass is 10.2. The molecule has 0 spiro atoms. The number of hydrogen-bond acceptors (Lipinski definition) is 6. The Morgan fingerprint density at radius 3 is 2.64 bits per heavy atom. The van der Waals surface area contributed by atoms with Crippen molar-refractivity contribution in [2.45, 2.75) is 26.1 Å². The van der Waals surface area contributed by atoms with Crippen molar-refractivity contribution in [3.05, 3.63) is 41.4 Å². The molecule has 1 aliphatic heterocycles. The van der Waals surface area contributed by atoms with Crippen LogP contribution in [-0.2, 0) is 4.74 Å². The van der Waals surface area contributed by atoms with Gasteiger partial charge in [-0.15, -0.1) is 0 Å². The molecule has 0 N–H and O–H groups in total. The summed E-state index contributed by atoms with van der Waals surface area (Å²) in [4.78, 5) is 6.31. The number of aromatic nitrogens is 1. The highest BCUT2D eigenvalue weighted by Gasteiger charge is 2.27. The Balaban J connectivity index is 1.86. The summed E-state index contributed by atoms with van der Waals surface area (Å²) in [6, 6.07) is 9.79. The molecule has 130 valence electrons. The number of nitrogens with zero attached hydrogens (tertiary/aromatic N) is 3. The molecule has 1 aromatic heterocycles. The second-order valence-electron chi connectivity index (χ2n) is 6.06. The van der Waals surface area contributed by atoms with Crippen molar-refractivity contribution in [1.82, 2.24) is 4.98 Å². The van der Waals surface area contributed by atoms with Crippen LogP contribution in [0.5, 0.6) is 5.75 Å². The molecule has 2 unspecified atom stereocenters. The van der Waals surface area contributed by atoms with E-state index < -0.39 is 0 Å². The van der Waals surface area contributed by atoms with Crippen LogP contribution in [0.25, 0.3) is 12.2 Å². The van der Waals surface area contributed by atoms with Crippen molar-refractivity contribution in [2.75, 3.05) is 25.1 Å². The number of benzene rings is 1. The highest BCUT2D eigenvalue weighted by atomic mass is 16.5. The molecule has 6 nitrogen and oxygen atoms in total. The Morgan fingerprint density at radius 2 is 1.96 bits per heavy atom. The van der Waals surface area contributed by atoms with Crippen LogP contribution in [-0.4, -0.2) is 37.4 Å². The third-order valence-electron chi connectivity index (χ3n) is 3.98. The number of para-hydroxylation sites is 1. The average molecular weight is 339 g/mol. The van der Waals surface area contributed by atoms with Crippen LogP contribution in [0.1, 0.15) is 31.0 Å². The quantitative estimate of drug-likeness (QED) is 0.851. The van der Waals surface area contributed by atoms with E-state index in [1.54, 1.807) is 13.2 Å². The largest absolute Gasteiger partial charge is 0.496 e. The zero-order valence-electron chi connectivity index (χ0n) is 14.6. The highest BCUT2D eigenvalue weighted by molar-refractivity contribution is 5.70. The zero-order valence-corrected chi connectivity index (χ0v) is 14.6. The summed E-state index contributed by atoms with van der Waals surface area (Å²) < 4.78 is 16.9. The molecular weight excluding hydrogens is 318 g/mol. The van der Waals surface area contributed by atoms with E-state index in [1.165, 1.54) is 0 Å². The molecule has 2 aromatic rings. The fourth-order valence-corrected chi connectivity index (χ4v) is 3.00. The van der Waals surface area contributed by atoms with Gasteiger partial charge in [0.25, 0.3) is 0 Å². The number of hydrogen-bond donors (Lipinski definition) is 0. The summed E-state index contributed by atoms with van der Waals surface area (Å²) in [5.41, 5.74) is 1.21. The Kier molecular flexibility index (Phi) is 5.05. The number of methoxy groups -OCH3 is 1. The van der Waals surface area contributed by atoms with Crippen LogP contribution in [0, 0.1) is 11.3 Å². The fraction of sp³-hybridized carbons (Fsp3) is 0.368. The Bertz CT molecular complexity index is 796. The molecule has 0 bridgehead atoms. The number of rotatable bonds is 4. The van der Waals surface area contributed by atoms with Crippen molar-refractivity contribution in [3.63, 3.8) is 0 Å². The molecule has 1 aromatic carbocycles. The smallest absolute Gasteiger partial charge is 0.235 e. The van der Waals surface area contributed by atoms with Gasteiger partial charge >= 0.3 is 0 Å². The van der Waals surface area contributed by atoms with E-state index in [4.69, 9.17) is 13.9 Å². The van der Waals surface area contributed by atoms with Gasteiger partial charge in [0.05, 0.1) is 19.3 Å². The second kappa shape index (κ2) is 7.41. The van der Waals surface area contributed by atoms with Crippen molar-refractivity contribution >= 4 is 18.0 Å².